The zero-order valence-electron chi connectivity index (χ0n) is 6.00. The van der Waals surface area contributed by atoms with E-state index in [0.29, 0.717) is 6.04 Å². The van der Waals surface area contributed by atoms with Crippen LogP contribution in [-0.4, -0.2) is 11.6 Å². The molecule has 0 amide bonds. The molecule has 11 heavy (non-hydrogen) atoms. The van der Waals surface area contributed by atoms with Gasteiger partial charge in [-0.3, -0.25) is 5.84 Å². The highest BCUT2D eigenvalue weighted by Crippen LogP contribution is 2.30. The molecule has 1 aliphatic heterocycles. The molecule has 2 nitrogen and oxygen atoms in total. The van der Waals surface area contributed by atoms with Crippen molar-refractivity contribution >= 4 is 15.9 Å². The second-order valence-electron chi connectivity index (χ2n) is 2.76. The Labute approximate surface area is 74.1 Å². The topological polar surface area (TPSA) is 29.0 Å². The first-order valence-electron chi connectivity index (χ1n) is 3.54. The highest BCUT2D eigenvalue weighted by atomic mass is 79.9. The van der Waals surface area contributed by atoms with Crippen molar-refractivity contribution in [2.75, 3.05) is 6.54 Å². The van der Waals surface area contributed by atoms with Gasteiger partial charge in [0.1, 0.15) is 0 Å². The number of benzene rings is 1. The van der Waals surface area contributed by atoms with Crippen LogP contribution in [0.1, 0.15) is 11.6 Å². The van der Waals surface area contributed by atoms with Crippen LogP contribution in [0.5, 0.6) is 0 Å². The number of halogens is 1. The average molecular weight is 213 g/mol. The van der Waals surface area contributed by atoms with Crippen molar-refractivity contribution in [2.45, 2.75) is 6.04 Å². The van der Waals surface area contributed by atoms with E-state index in [0.717, 1.165) is 11.0 Å². The predicted molar refractivity (Wildman–Crippen MR) is 47.8 cm³/mol. The van der Waals surface area contributed by atoms with Crippen molar-refractivity contribution in [1.82, 2.24) is 5.01 Å². The maximum absolute atomic E-state index is 5.56. The largest absolute Gasteiger partial charge is 0.268 e. The summed E-state index contributed by atoms with van der Waals surface area (Å²) in [6.45, 7) is 0.988. The van der Waals surface area contributed by atoms with Crippen molar-refractivity contribution in [3.8, 4) is 0 Å². The number of rotatable bonds is 1. The van der Waals surface area contributed by atoms with Crippen LogP contribution in [-0.2, 0) is 0 Å². The monoisotopic (exact) mass is 212 g/mol. The lowest BCUT2D eigenvalue weighted by Gasteiger charge is -1.97. The first-order chi connectivity index (χ1) is 5.27. The quantitative estimate of drug-likeness (QED) is 0.568. The Morgan fingerprint density at radius 2 is 1.91 bits per heavy atom. The van der Waals surface area contributed by atoms with E-state index in [4.69, 9.17) is 5.84 Å². The molecule has 2 rings (SSSR count). The van der Waals surface area contributed by atoms with E-state index < -0.39 is 0 Å². The molecule has 0 bridgehead atoms. The van der Waals surface area contributed by atoms with Gasteiger partial charge < -0.3 is 0 Å². The molecular formula is C8H9BrN2. The lowest BCUT2D eigenvalue weighted by atomic mass is 10.2. The van der Waals surface area contributed by atoms with Gasteiger partial charge in [-0.05, 0) is 17.7 Å². The van der Waals surface area contributed by atoms with Gasteiger partial charge in [-0.25, -0.2) is 5.01 Å². The molecule has 1 heterocycles. The molecule has 3 heteroatoms. The average Bonchev–Trinajstić information content (AvgIpc) is 2.69. The second-order valence-corrected chi connectivity index (χ2v) is 3.68. The summed E-state index contributed by atoms with van der Waals surface area (Å²) < 4.78 is 1.12. The van der Waals surface area contributed by atoms with Crippen LogP contribution in [0, 0.1) is 0 Å². The summed E-state index contributed by atoms with van der Waals surface area (Å²) in [5.41, 5.74) is 1.30. The minimum Gasteiger partial charge on any atom is -0.268 e. The van der Waals surface area contributed by atoms with E-state index in [2.05, 4.69) is 28.1 Å². The van der Waals surface area contributed by atoms with Gasteiger partial charge in [-0.15, -0.1) is 0 Å². The van der Waals surface area contributed by atoms with E-state index in [-0.39, 0.29) is 0 Å². The fraction of sp³-hybridized carbons (Fsp3) is 0.250. The zero-order chi connectivity index (χ0) is 7.84. The highest BCUT2D eigenvalue weighted by Gasteiger charge is 2.31. The highest BCUT2D eigenvalue weighted by molar-refractivity contribution is 9.10. The fourth-order valence-corrected chi connectivity index (χ4v) is 1.40. The molecular weight excluding hydrogens is 204 g/mol. The van der Waals surface area contributed by atoms with Gasteiger partial charge in [0.2, 0.25) is 0 Å². The van der Waals surface area contributed by atoms with E-state index in [1.807, 2.05) is 17.1 Å². The number of hydrogen-bond acceptors (Lipinski definition) is 2. The molecule has 0 aromatic heterocycles. The summed E-state index contributed by atoms with van der Waals surface area (Å²) in [5, 5.41) is 1.82. The number of nitrogens with two attached hydrogens (primary N) is 1. The van der Waals surface area contributed by atoms with Crippen molar-refractivity contribution in [3.63, 3.8) is 0 Å². The van der Waals surface area contributed by atoms with Crippen molar-refractivity contribution in [2.24, 2.45) is 5.84 Å². The lowest BCUT2D eigenvalue weighted by Crippen LogP contribution is -2.05. The van der Waals surface area contributed by atoms with E-state index in [1.54, 1.807) is 0 Å². The minimum absolute atomic E-state index is 0.461. The van der Waals surface area contributed by atoms with Crippen molar-refractivity contribution < 1.29 is 0 Å². The van der Waals surface area contributed by atoms with Gasteiger partial charge >= 0.3 is 0 Å². The summed E-state index contributed by atoms with van der Waals surface area (Å²) >= 11 is 3.39. The molecule has 58 valence electrons. The summed E-state index contributed by atoms with van der Waals surface area (Å²) in [4.78, 5) is 0. The van der Waals surface area contributed by atoms with Crippen LogP contribution in [0.15, 0.2) is 28.7 Å². The normalized spacial score (nSPS) is 28.5. The number of hydrogen-bond donors (Lipinski definition) is 1. The minimum atomic E-state index is 0.461. The second kappa shape index (κ2) is 2.59. The van der Waals surface area contributed by atoms with Gasteiger partial charge in [0, 0.05) is 11.0 Å². The van der Waals surface area contributed by atoms with E-state index in [1.165, 1.54) is 5.56 Å². The maximum atomic E-state index is 5.56. The maximum Gasteiger partial charge on any atom is 0.0632 e. The molecule has 2 atom stereocenters. The number of nitrogens with zero attached hydrogens (tertiary/aromatic N) is 1. The third-order valence-electron chi connectivity index (χ3n) is 1.91. The van der Waals surface area contributed by atoms with Crippen LogP contribution in [0.25, 0.3) is 0 Å². The summed E-state index contributed by atoms with van der Waals surface area (Å²) in [6, 6.07) is 8.75. The Morgan fingerprint density at radius 3 is 2.36 bits per heavy atom. The van der Waals surface area contributed by atoms with E-state index in [9.17, 15) is 0 Å². The van der Waals surface area contributed by atoms with Gasteiger partial charge in [-0.2, -0.15) is 0 Å². The van der Waals surface area contributed by atoms with Crippen LogP contribution in [0.3, 0.4) is 0 Å². The Hall–Kier alpha value is -0.380. The molecule has 0 aliphatic carbocycles. The Kier molecular flexibility index (Phi) is 1.71. The van der Waals surface area contributed by atoms with E-state index >= 15 is 0 Å². The Morgan fingerprint density at radius 1 is 1.36 bits per heavy atom. The smallest absolute Gasteiger partial charge is 0.0632 e. The molecule has 1 aliphatic rings. The lowest BCUT2D eigenvalue weighted by molar-refractivity contribution is 0.548. The SMILES string of the molecule is NN1CC1c1ccc(Br)cc1. The van der Waals surface area contributed by atoms with Gasteiger partial charge in [0.25, 0.3) is 0 Å². The molecule has 2 N–H and O–H groups in total. The van der Waals surface area contributed by atoms with Crippen LogP contribution in [0.4, 0.5) is 0 Å². The van der Waals surface area contributed by atoms with Crippen LogP contribution >= 0.6 is 15.9 Å². The van der Waals surface area contributed by atoms with Gasteiger partial charge in [0.15, 0.2) is 0 Å². The predicted octanol–water partition coefficient (Wildman–Crippen LogP) is 1.68. The number of hydrazine groups is 1. The first-order valence-corrected chi connectivity index (χ1v) is 4.33. The molecule has 1 aromatic carbocycles. The third kappa shape index (κ3) is 1.45. The molecule has 0 radical (unpaired) electrons. The summed E-state index contributed by atoms with van der Waals surface area (Å²) in [5.74, 6) is 5.56. The molecule has 2 unspecified atom stereocenters. The molecule has 1 aromatic rings. The van der Waals surface area contributed by atoms with Gasteiger partial charge in [0.05, 0.1) is 6.04 Å². The zero-order valence-corrected chi connectivity index (χ0v) is 7.58. The Balaban J connectivity index is 2.21. The molecule has 1 saturated heterocycles. The fourth-order valence-electron chi connectivity index (χ4n) is 1.13. The summed E-state index contributed by atoms with van der Waals surface area (Å²) in [7, 11) is 0. The third-order valence-corrected chi connectivity index (χ3v) is 2.43. The Bertz CT molecular complexity index is 257. The van der Waals surface area contributed by atoms with Crippen molar-refractivity contribution in [3.05, 3.63) is 34.3 Å². The van der Waals surface area contributed by atoms with Crippen LogP contribution in [0.2, 0.25) is 0 Å². The van der Waals surface area contributed by atoms with Crippen molar-refractivity contribution in [1.29, 1.82) is 0 Å². The standard InChI is InChI=1S/C8H9BrN2/c9-7-3-1-6(2-4-7)8-5-11(8)10/h1-4,8H,5,10H2. The molecule has 0 spiro atoms. The summed E-state index contributed by atoms with van der Waals surface area (Å²) in [6.07, 6.45) is 0. The van der Waals surface area contributed by atoms with Crippen LogP contribution < -0.4 is 5.84 Å². The molecule has 0 saturated carbocycles. The first kappa shape index (κ1) is 7.28. The molecule has 1 fully saturated rings. The van der Waals surface area contributed by atoms with Gasteiger partial charge in [-0.1, -0.05) is 28.1 Å².